The molecule has 0 aliphatic heterocycles. The molecule has 0 atom stereocenters. The van der Waals surface area contributed by atoms with Crippen LogP contribution in [0.3, 0.4) is 0 Å². The highest BCUT2D eigenvalue weighted by Crippen LogP contribution is 1.72. The molecule has 0 spiro atoms. The second-order valence-electron chi connectivity index (χ2n) is 1.63. The molecule has 0 aliphatic rings. The molecule has 0 saturated heterocycles. The first-order valence-corrected chi connectivity index (χ1v) is 2.89. The Labute approximate surface area is 54.9 Å². The average Bonchev–Trinajstić information content (AvgIpc) is 1.85. The van der Waals surface area contributed by atoms with Crippen LogP contribution in [-0.2, 0) is 4.79 Å². The third-order valence-corrected chi connectivity index (χ3v) is 0.815. The molecule has 0 unspecified atom stereocenters. The van der Waals surface area contributed by atoms with Crippen LogP contribution < -0.4 is 11.1 Å². The van der Waals surface area contributed by atoms with Crippen LogP contribution in [0.5, 0.6) is 0 Å². The third-order valence-electron chi connectivity index (χ3n) is 0.815. The molecule has 0 aromatic carbocycles. The van der Waals surface area contributed by atoms with Crippen molar-refractivity contribution in [3.8, 4) is 0 Å². The molecule has 0 aromatic heterocycles. The normalized spacial score (nSPS) is 8.56. The predicted octanol–water partition coefficient (Wildman–Crippen LogP) is -0.363. The highest BCUT2D eigenvalue weighted by atomic mass is 16.1. The number of nitrogens with one attached hydrogen (secondary N) is 1. The summed E-state index contributed by atoms with van der Waals surface area (Å²) in [6.45, 7) is 4.38. The van der Waals surface area contributed by atoms with Crippen LogP contribution in [-0.4, -0.2) is 19.0 Å². The minimum absolute atomic E-state index is 0.0163. The van der Waals surface area contributed by atoms with Gasteiger partial charge in [-0.2, -0.15) is 0 Å². The molecule has 9 heavy (non-hydrogen) atoms. The molecule has 1 amide bonds. The van der Waals surface area contributed by atoms with Gasteiger partial charge < -0.3 is 11.1 Å². The van der Waals surface area contributed by atoms with E-state index < -0.39 is 0 Å². The first-order valence-electron chi connectivity index (χ1n) is 2.89. The van der Waals surface area contributed by atoms with Gasteiger partial charge in [-0.25, -0.2) is 0 Å². The first kappa shape index (κ1) is 8.17. The van der Waals surface area contributed by atoms with Gasteiger partial charge in [-0.1, -0.05) is 6.08 Å². The zero-order valence-electron chi connectivity index (χ0n) is 5.39. The minimum atomic E-state index is -0.0163. The summed E-state index contributed by atoms with van der Waals surface area (Å²) in [5.74, 6) is -0.0163. The van der Waals surface area contributed by atoms with Crippen LogP contribution >= 0.6 is 0 Å². The standard InChI is InChI=1S/C6H12N2O/c1-2-5-8-6(9)3-4-7/h2H,1,3-5,7H2,(H,8,9). The number of carbonyl (C=O) groups is 1. The van der Waals surface area contributed by atoms with E-state index in [0.717, 1.165) is 0 Å². The summed E-state index contributed by atoms with van der Waals surface area (Å²) < 4.78 is 0. The Morgan fingerprint density at radius 2 is 2.44 bits per heavy atom. The number of hydrogen-bond donors (Lipinski definition) is 2. The molecule has 0 saturated carbocycles. The summed E-state index contributed by atoms with van der Waals surface area (Å²) in [7, 11) is 0. The molecule has 52 valence electrons. The maximum Gasteiger partial charge on any atom is 0.221 e. The van der Waals surface area contributed by atoms with Crippen molar-refractivity contribution in [1.82, 2.24) is 5.32 Å². The van der Waals surface area contributed by atoms with E-state index in [0.29, 0.717) is 19.5 Å². The van der Waals surface area contributed by atoms with Gasteiger partial charge in [0.15, 0.2) is 0 Å². The first-order chi connectivity index (χ1) is 4.31. The molecule has 0 rings (SSSR count). The van der Waals surface area contributed by atoms with E-state index in [2.05, 4.69) is 11.9 Å². The molecule has 0 bridgehead atoms. The fraction of sp³-hybridized carbons (Fsp3) is 0.500. The van der Waals surface area contributed by atoms with Crippen LogP contribution in [0.25, 0.3) is 0 Å². The van der Waals surface area contributed by atoms with Crippen molar-refractivity contribution in [2.45, 2.75) is 6.42 Å². The lowest BCUT2D eigenvalue weighted by Crippen LogP contribution is -2.25. The van der Waals surface area contributed by atoms with Gasteiger partial charge in [0.2, 0.25) is 5.91 Å². The Bertz CT molecular complexity index is 101. The lowest BCUT2D eigenvalue weighted by molar-refractivity contribution is -0.120. The van der Waals surface area contributed by atoms with Crippen molar-refractivity contribution < 1.29 is 4.79 Å². The number of rotatable bonds is 4. The zero-order chi connectivity index (χ0) is 7.11. The van der Waals surface area contributed by atoms with Crippen molar-refractivity contribution in [3.63, 3.8) is 0 Å². The lowest BCUT2D eigenvalue weighted by Gasteiger charge is -1.97. The Kier molecular flexibility index (Phi) is 4.82. The predicted molar refractivity (Wildman–Crippen MR) is 36.9 cm³/mol. The maximum atomic E-state index is 10.6. The van der Waals surface area contributed by atoms with Gasteiger partial charge in [0.05, 0.1) is 0 Å². The topological polar surface area (TPSA) is 55.1 Å². The zero-order valence-corrected chi connectivity index (χ0v) is 5.39. The second kappa shape index (κ2) is 5.31. The van der Waals surface area contributed by atoms with Crippen molar-refractivity contribution in [3.05, 3.63) is 12.7 Å². The number of carbonyl (C=O) groups excluding carboxylic acids is 1. The maximum absolute atomic E-state index is 10.6. The molecule has 3 N–H and O–H groups in total. The van der Waals surface area contributed by atoms with Gasteiger partial charge in [0.1, 0.15) is 0 Å². The highest BCUT2D eigenvalue weighted by molar-refractivity contribution is 5.76. The molecular weight excluding hydrogens is 116 g/mol. The summed E-state index contributed by atoms with van der Waals surface area (Å²) in [5, 5.41) is 2.60. The Morgan fingerprint density at radius 3 is 2.89 bits per heavy atom. The van der Waals surface area contributed by atoms with E-state index in [1.54, 1.807) is 6.08 Å². The summed E-state index contributed by atoms with van der Waals surface area (Å²) in [4.78, 5) is 10.6. The van der Waals surface area contributed by atoms with Gasteiger partial charge in [-0.15, -0.1) is 6.58 Å². The molecule has 0 fully saturated rings. The fourth-order valence-corrected chi connectivity index (χ4v) is 0.405. The van der Waals surface area contributed by atoms with E-state index in [1.165, 1.54) is 0 Å². The number of hydrogen-bond acceptors (Lipinski definition) is 2. The monoisotopic (exact) mass is 128 g/mol. The molecular formula is C6H12N2O. The van der Waals surface area contributed by atoms with Crippen LogP contribution in [0.1, 0.15) is 6.42 Å². The molecule has 0 aliphatic carbocycles. The van der Waals surface area contributed by atoms with E-state index in [4.69, 9.17) is 5.73 Å². The van der Waals surface area contributed by atoms with Gasteiger partial charge in [0, 0.05) is 19.5 Å². The van der Waals surface area contributed by atoms with Crippen LogP contribution in [0, 0.1) is 0 Å². The number of nitrogens with two attached hydrogens (primary N) is 1. The van der Waals surface area contributed by atoms with Gasteiger partial charge in [0.25, 0.3) is 0 Å². The van der Waals surface area contributed by atoms with E-state index in [9.17, 15) is 4.79 Å². The summed E-state index contributed by atoms with van der Waals surface area (Å²) in [6.07, 6.45) is 2.03. The SMILES string of the molecule is C=CCNC(=O)CCN. The fourth-order valence-electron chi connectivity index (χ4n) is 0.405. The third kappa shape index (κ3) is 5.03. The van der Waals surface area contributed by atoms with Crippen molar-refractivity contribution >= 4 is 5.91 Å². The second-order valence-corrected chi connectivity index (χ2v) is 1.63. The Balaban J connectivity index is 3.16. The van der Waals surface area contributed by atoms with Crippen LogP contribution in [0.2, 0.25) is 0 Å². The largest absolute Gasteiger partial charge is 0.353 e. The summed E-state index contributed by atoms with van der Waals surface area (Å²) >= 11 is 0. The highest BCUT2D eigenvalue weighted by Gasteiger charge is 1.93. The van der Waals surface area contributed by atoms with Crippen molar-refractivity contribution in [2.24, 2.45) is 5.73 Å². The Morgan fingerprint density at radius 1 is 1.78 bits per heavy atom. The van der Waals surface area contributed by atoms with Crippen molar-refractivity contribution in [2.75, 3.05) is 13.1 Å². The quantitative estimate of drug-likeness (QED) is 0.508. The van der Waals surface area contributed by atoms with Crippen LogP contribution in [0.15, 0.2) is 12.7 Å². The van der Waals surface area contributed by atoms with Gasteiger partial charge in [-0.3, -0.25) is 4.79 Å². The minimum Gasteiger partial charge on any atom is -0.353 e. The summed E-state index contributed by atoms with van der Waals surface area (Å²) in [5.41, 5.74) is 5.11. The van der Waals surface area contributed by atoms with E-state index in [1.807, 2.05) is 0 Å². The summed E-state index contributed by atoms with van der Waals surface area (Å²) in [6, 6.07) is 0. The smallest absolute Gasteiger partial charge is 0.221 e. The Hall–Kier alpha value is -0.830. The number of amides is 1. The van der Waals surface area contributed by atoms with E-state index >= 15 is 0 Å². The average molecular weight is 128 g/mol. The molecule has 0 radical (unpaired) electrons. The molecule has 3 nitrogen and oxygen atoms in total. The van der Waals surface area contributed by atoms with Crippen molar-refractivity contribution in [1.29, 1.82) is 0 Å². The van der Waals surface area contributed by atoms with Crippen LogP contribution in [0.4, 0.5) is 0 Å². The van der Waals surface area contributed by atoms with Gasteiger partial charge >= 0.3 is 0 Å². The lowest BCUT2D eigenvalue weighted by atomic mass is 10.4. The molecule has 0 aromatic rings. The molecule has 0 heterocycles. The molecule has 3 heteroatoms. The van der Waals surface area contributed by atoms with E-state index in [-0.39, 0.29) is 5.91 Å². The van der Waals surface area contributed by atoms with Gasteiger partial charge in [-0.05, 0) is 0 Å².